The molecule has 3 heterocycles. The minimum Gasteiger partial charge on any atom is -0.465 e. The van der Waals surface area contributed by atoms with Gasteiger partial charge in [-0.3, -0.25) is 9.59 Å². The summed E-state index contributed by atoms with van der Waals surface area (Å²) in [5.41, 5.74) is 0.727. The van der Waals surface area contributed by atoms with Crippen molar-refractivity contribution < 1.29 is 23.5 Å². The molecule has 1 N–H and O–H groups in total. The molecule has 1 fully saturated rings. The summed E-state index contributed by atoms with van der Waals surface area (Å²) in [7, 11) is 1.27. The summed E-state index contributed by atoms with van der Waals surface area (Å²) >= 11 is 1.09. The van der Waals surface area contributed by atoms with E-state index in [2.05, 4.69) is 5.32 Å². The van der Waals surface area contributed by atoms with Gasteiger partial charge in [-0.25, -0.2) is 4.79 Å². The van der Waals surface area contributed by atoms with Crippen molar-refractivity contribution in [1.29, 1.82) is 0 Å². The van der Waals surface area contributed by atoms with E-state index in [0.29, 0.717) is 23.5 Å². The number of hydrogen-bond donors (Lipinski definition) is 1. The molecule has 7 nitrogen and oxygen atoms in total. The highest BCUT2D eigenvalue weighted by Crippen LogP contribution is 2.35. The molecule has 138 valence electrons. The molecule has 0 radical (unpaired) electrons. The quantitative estimate of drug-likeness (QED) is 0.827. The maximum atomic E-state index is 12.9. The topological polar surface area (TPSA) is 88.8 Å². The van der Waals surface area contributed by atoms with Crippen molar-refractivity contribution in [3.63, 3.8) is 0 Å². The number of furan rings is 1. The number of likely N-dealkylation sites (tertiary alicyclic amines) is 1. The van der Waals surface area contributed by atoms with Crippen LogP contribution < -0.4 is 5.32 Å². The van der Waals surface area contributed by atoms with Crippen LogP contribution in [0.5, 0.6) is 0 Å². The maximum absolute atomic E-state index is 12.9. The molecule has 0 aromatic carbocycles. The zero-order valence-electron chi connectivity index (χ0n) is 14.7. The van der Waals surface area contributed by atoms with Gasteiger partial charge in [0.2, 0.25) is 0 Å². The lowest BCUT2D eigenvalue weighted by molar-refractivity contribution is 0.0601. The number of carbonyl (C=O) groups excluding carboxylic acids is 3. The molecule has 0 saturated carbocycles. The Labute approximate surface area is 154 Å². The van der Waals surface area contributed by atoms with E-state index in [-0.39, 0.29) is 22.2 Å². The monoisotopic (exact) mass is 376 g/mol. The number of thiophene rings is 1. The molecule has 26 heavy (non-hydrogen) atoms. The number of nitrogens with zero attached hydrogens (tertiary/aromatic N) is 1. The predicted molar refractivity (Wildman–Crippen MR) is 96.8 cm³/mol. The second-order valence-corrected chi connectivity index (χ2v) is 7.06. The SMILES string of the molecule is COC(=O)c1c(NC(=O)c2ccco2)sc(C(=O)N2CCCCC2)c1C. The van der Waals surface area contributed by atoms with Crippen LogP contribution in [0.3, 0.4) is 0 Å². The summed E-state index contributed by atoms with van der Waals surface area (Å²) in [6, 6.07) is 3.12. The number of esters is 1. The molecule has 8 heteroatoms. The first-order valence-corrected chi connectivity index (χ1v) is 9.20. The number of amides is 2. The van der Waals surface area contributed by atoms with E-state index in [4.69, 9.17) is 9.15 Å². The highest BCUT2D eigenvalue weighted by Gasteiger charge is 2.29. The van der Waals surface area contributed by atoms with E-state index in [1.165, 1.54) is 19.4 Å². The number of piperidine rings is 1. The van der Waals surface area contributed by atoms with Gasteiger partial charge in [0.15, 0.2) is 5.76 Å². The fraction of sp³-hybridized carbons (Fsp3) is 0.389. The zero-order valence-corrected chi connectivity index (χ0v) is 15.5. The maximum Gasteiger partial charge on any atom is 0.341 e. The predicted octanol–water partition coefficient (Wildman–Crippen LogP) is 3.31. The lowest BCUT2D eigenvalue weighted by Crippen LogP contribution is -2.35. The van der Waals surface area contributed by atoms with E-state index in [1.807, 2.05) is 0 Å². The van der Waals surface area contributed by atoms with Gasteiger partial charge in [-0.15, -0.1) is 11.3 Å². The standard InChI is InChI=1S/C18H20N2O5S/c1-11-13(18(23)24-2)16(19-15(21)12-7-6-10-25-12)26-14(11)17(22)20-8-4-3-5-9-20/h6-7,10H,3-5,8-9H2,1-2H3,(H,19,21). The van der Waals surface area contributed by atoms with E-state index in [0.717, 1.165) is 30.6 Å². The van der Waals surface area contributed by atoms with E-state index >= 15 is 0 Å². The minimum atomic E-state index is -0.591. The fourth-order valence-electron chi connectivity index (χ4n) is 2.97. The number of rotatable bonds is 4. The van der Waals surface area contributed by atoms with Gasteiger partial charge in [0.1, 0.15) is 5.00 Å². The molecule has 1 aliphatic rings. The smallest absolute Gasteiger partial charge is 0.341 e. The number of ether oxygens (including phenoxy) is 1. The molecule has 1 aliphatic heterocycles. The molecule has 2 amide bonds. The molecule has 0 atom stereocenters. The third kappa shape index (κ3) is 3.50. The average molecular weight is 376 g/mol. The first kappa shape index (κ1) is 18.2. The van der Waals surface area contributed by atoms with Crippen LogP contribution in [0, 0.1) is 6.92 Å². The van der Waals surface area contributed by atoms with Crippen molar-refractivity contribution >= 4 is 34.1 Å². The first-order chi connectivity index (χ1) is 12.5. The number of nitrogens with one attached hydrogen (secondary N) is 1. The van der Waals surface area contributed by atoms with Gasteiger partial charge in [0, 0.05) is 13.1 Å². The highest BCUT2D eigenvalue weighted by molar-refractivity contribution is 7.18. The summed E-state index contributed by atoms with van der Waals surface area (Å²) in [5.74, 6) is -1.07. The Morgan fingerprint density at radius 2 is 1.96 bits per heavy atom. The van der Waals surface area contributed by atoms with Crippen LogP contribution >= 0.6 is 11.3 Å². The Hall–Kier alpha value is -2.61. The Bertz CT molecular complexity index is 819. The van der Waals surface area contributed by atoms with Crippen molar-refractivity contribution in [2.24, 2.45) is 0 Å². The Balaban J connectivity index is 1.93. The fourth-order valence-corrected chi connectivity index (χ4v) is 4.12. The van der Waals surface area contributed by atoms with Gasteiger partial charge in [-0.1, -0.05) is 0 Å². The summed E-state index contributed by atoms with van der Waals surface area (Å²) in [4.78, 5) is 39.6. The van der Waals surface area contributed by atoms with Crippen molar-refractivity contribution in [3.05, 3.63) is 40.2 Å². The third-order valence-electron chi connectivity index (χ3n) is 4.35. The molecule has 0 aliphatic carbocycles. The van der Waals surface area contributed by atoms with Gasteiger partial charge in [0.25, 0.3) is 11.8 Å². The van der Waals surface area contributed by atoms with Gasteiger partial charge in [-0.05, 0) is 43.9 Å². The normalized spacial score (nSPS) is 14.2. The van der Waals surface area contributed by atoms with Crippen LogP contribution in [0.25, 0.3) is 0 Å². The molecule has 0 unspecified atom stereocenters. The summed E-state index contributed by atoms with van der Waals surface area (Å²) in [6.07, 6.45) is 4.45. The summed E-state index contributed by atoms with van der Waals surface area (Å²) in [6.45, 7) is 3.11. The highest BCUT2D eigenvalue weighted by atomic mass is 32.1. The van der Waals surface area contributed by atoms with E-state index in [1.54, 1.807) is 17.9 Å². The van der Waals surface area contributed by atoms with Crippen molar-refractivity contribution in [3.8, 4) is 0 Å². The zero-order chi connectivity index (χ0) is 18.7. The third-order valence-corrected chi connectivity index (χ3v) is 5.54. The van der Waals surface area contributed by atoms with Gasteiger partial charge < -0.3 is 19.4 Å². The van der Waals surface area contributed by atoms with Gasteiger partial charge >= 0.3 is 5.97 Å². The molecule has 2 aromatic heterocycles. The molecule has 0 bridgehead atoms. The Morgan fingerprint density at radius 1 is 1.23 bits per heavy atom. The van der Waals surface area contributed by atoms with E-state index in [9.17, 15) is 14.4 Å². The second kappa shape index (κ2) is 7.74. The van der Waals surface area contributed by atoms with Crippen LogP contribution in [0.2, 0.25) is 0 Å². The van der Waals surface area contributed by atoms with E-state index < -0.39 is 11.9 Å². The average Bonchev–Trinajstić information content (AvgIpc) is 3.30. The molecular weight excluding hydrogens is 356 g/mol. The number of methoxy groups -OCH3 is 1. The summed E-state index contributed by atoms with van der Waals surface area (Å²) < 4.78 is 9.91. The lowest BCUT2D eigenvalue weighted by atomic mass is 10.1. The van der Waals surface area contributed by atoms with Crippen molar-refractivity contribution in [2.75, 3.05) is 25.5 Å². The molecule has 3 rings (SSSR count). The van der Waals surface area contributed by atoms with Crippen LogP contribution in [0.4, 0.5) is 5.00 Å². The number of anilines is 1. The Morgan fingerprint density at radius 3 is 2.58 bits per heavy atom. The van der Waals surface area contributed by atoms with Crippen molar-refractivity contribution in [2.45, 2.75) is 26.2 Å². The molecule has 1 saturated heterocycles. The van der Waals surface area contributed by atoms with Crippen molar-refractivity contribution in [1.82, 2.24) is 4.90 Å². The lowest BCUT2D eigenvalue weighted by Gasteiger charge is -2.26. The van der Waals surface area contributed by atoms with Gasteiger partial charge in [0.05, 0.1) is 23.8 Å². The van der Waals surface area contributed by atoms with Crippen LogP contribution in [0.15, 0.2) is 22.8 Å². The largest absolute Gasteiger partial charge is 0.465 e. The molecule has 0 spiro atoms. The Kier molecular flexibility index (Phi) is 5.41. The van der Waals surface area contributed by atoms with Crippen LogP contribution in [0.1, 0.15) is 55.4 Å². The molecular formula is C18H20N2O5S. The van der Waals surface area contributed by atoms with Gasteiger partial charge in [-0.2, -0.15) is 0 Å². The second-order valence-electron chi connectivity index (χ2n) is 6.04. The number of carbonyl (C=O) groups is 3. The first-order valence-electron chi connectivity index (χ1n) is 8.38. The number of hydrogen-bond acceptors (Lipinski definition) is 6. The summed E-state index contributed by atoms with van der Waals surface area (Å²) in [5, 5.41) is 2.95. The minimum absolute atomic E-state index is 0.115. The van der Waals surface area contributed by atoms with Crippen LogP contribution in [-0.4, -0.2) is 42.9 Å². The van der Waals surface area contributed by atoms with Crippen LogP contribution in [-0.2, 0) is 4.74 Å². The molecule has 2 aromatic rings.